The van der Waals surface area contributed by atoms with E-state index in [2.05, 4.69) is 10.3 Å². The molecule has 2 heterocycles. The van der Waals surface area contributed by atoms with Crippen molar-refractivity contribution >= 4 is 22.8 Å². The molecule has 2 amide bonds. The van der Waals surface area contributed by atoms with Gasteiger partial charge in [0, 0.05) is 24.6 Å². The Morgan fingerprint density at radius 3 is 2.37 bits per heavy atom. The number of aromatic nitrogens is 2. The van der Waals surface area contributed by atoms with Crippen LogP contribution in [0.15, 0.2) is 54.6 Å². The number of para-hydroxylation sites is 2. The first-order valence-electron chi connectivity index (χ1n) is 10.6. The summed E-state index contributed by atoms with van der Waals surface area (Å²) in [5.41, 5.74) is 2.60. The van der Waals surface area contributed by atoms with Crippen LogP contribution in [0.3, 0.4) is 0 Å². The fourth-order valence-electron chi connectivity index (χ4n) is 4.06. The van der Waals surface area contributed by atoms with E-state index in [4.69, 9.17) is 4.98 Å². The molecule has 0 radical (unpaired) electrons. The van der Waals surface area contributed by atoms with Gasteiger partial charge in [-0.3, -0.25) is 9.59 Å². The number of fused-ring (bicyclic) bond motifs is 1. The smallest absolute Gasteiger partial charge is 0.251 e. The number of benzene rings is 2. The molecule has 0 spiro atoms. The van der Waals surface area contributed by atoms with E-state index in [1.54, 1.807) is 12.1 Å². The second-order valence-electron chi connectivity index (χ2n) is 8.30. The number of amides is 2. The number of carbonyl (C=O) groups excluding carboxylic acids is 2. The number of nitrogens with zero attached hydrogens (tertiary/aromatic N) is 2. The van der Waals surface area contributed by atoms with Gasteiger partial charge in [0.15, 0.2) is 0 Å². The van der Waals surface area contributed by atoms with Gasteiger partial charge in [0.05, 0.1) is 11.0 Å². The van der Waals surface area contributed by atoms with Crippen molar-refractivity contribution in [1.82, 2.24) is 20.2 Å². The topological polar surface area (TPSA) is 78.1 Å². The maximum Gasteiger partial charge on any atom is 0.251 e. The molecule has 1 aliphatic rings. The number of aromatic amines is 1. The number of carbonyl (C=O) groups is 2. The Morgan fingerprint density at radius 2 is 1.70 bits per heavy atom. The average Bonchev–Trinajstić information content (AvgIpc) is 3.21. The summed E-state index contributed by atoms with van der Waals surface area (Å²) < 4.78 is 0. The standard InChI is InChI=1S/C24H28N4O2/c1-16(2)21(27-23(29)18-8-4-3-5-9-18)24(30)28-14-12-17(13-15-28)22-25-19-10-6-7-11-20(19)26-22/h3-11,16-17,21H,12-15H2,1-2H3,(H,25,26)(H,27,29)/t21-/m0/s1. The van der Waals surface area contributed by atoms with Crippen LogP contribution >= 0.6 is 0 Å². The Labute approximate surface area is 176 Å². The fourth-order valence-corrected chi connectivity index (χ4v) is 4.06. The van der Waals surface area contributed by atoms with Crippen molar-refractivity contribution in [2.45, 2.75) is 38.6 Å². The van der Waals surface area contributed by atoms with Crippen LogP contribution in [-0.2, 0) is 4.79 Å². The lowest BCUT2D eigenvalue weighted by Gasteiger charge is -2.35. The summed E-state index contributed by atoms with van der Waals surface area (Å²) in [5, 5.41) is 2.94. The van der Waals surface area contributed by atoms with E-state index < -0.39 is 6.04 Å². The highest BCUT2D eigenvalue weighted by Crippen LogP contribution is 2.28. The summed E-state index contributed by atoms with van der Waals surface area (Å²) in [6.45, 7) is 5.28. The van der Waals surface area contributed by atoms with Gasteiger partial charge in [-0.15, -0.1) is 0 Å². The van der Waals surface area contributed by atoms with Crippen LogP contribution in [0.4, 0.5) is 0 Å². The summed E-state index contributed by atoms with van der Waals surface area (Å²) in [5.74, 6) is 1.12. The molecule has 4 rings (SSSR count). The predicted molar refractivity (Wildman–Crippen MR) is 117 cm³/mol. The second-order valence-corrected chi connectivity index (χ2v) is 8.30. The molecule has 156 valence electrons. The molecule has 1 aliphatic heterocycles. The second kappa shape index (κ2) is 8.69. The van der Waals surface area contributed by atoms with E-state index in [9.17, 15) is 9.59 Å². The van der Waals surface area contributed by atoms with Crippen LogP contribution in [0.2, 0.25) is 0 Å². The van der Waals surface area contributed by atoms with Gasteiger partial charge in [0.25, 0.3) is 5.91 Å². The Morgan fingerprint density at radius 1 is 1.03 bits per heavy atom. The minimum absolute atomic E-state index is 0.00247. The number of piperidine rings is 1. The summed E-state index contributed by atoms with van der Waals surface area (Å²) in [4.78, 5) is 35.8. The number of hydrogen-bond donors (Lipinski definition) is 2. The summed E-state index contributed by atoms with van der Waals surface area (Å²) in [7, 11) is 0. The van der Waals surface area contributed by atoms with Crippen LogP contribution in [0.5, 0.6) is 0 Å². The van der Waals surface area contributed by atoms with E-state index in [0.29, 0.717) is 24.6 Å². The van der Waals surface area contributed by atoms with Gasteiger partial charge in [-0.2, -0.15) is 0 Å². The first kappa shape index (κ1) is 20.1. The molecule has 1 fully saturated rings. The highest BCUT2D eigenvalue weighted by atomic mass is 16.2. The average molecular weight is 405 g/mol. The van der Waals surface area contributed by atoms with E-state index >= 15 is 0 Å². The third-order valence-electron chi connectivity index (χ3n) is 5.86. The molecule has 0 saturated carbocycles. The Balaban J connectivity index is 1.39. The lowest BCUT2D eigenvalue weighted by molar-refractivity contribution is -0.135. The van der Waals surface area contributed by atoms with E-state index in [1.807, 2.05) is 61.2 Å². The molecule has 0 bridgehead atoms. The summed E-state index contributed by atoms with van der Waals surface area (Å²) in [6, 6.07) is 16.5. The third kappa shape index (κ3) is 4.22. The number of likely N-dealkylation sites (tertiary alicyclic amines) is 1. The van der Waals surface area contributed by atoms with Gasteiger partial charge in [0.2, 0.25) is 5.91 Å². The van der Waals surface area contributed by atoms with Crippen LogP contribution in [0.25, 0.3) is 11.0 Å². The van der Waals surface area contributed by atoms with Crippen molar-refractivity contribution in [2.75, 3.05) is 13.1 Å². The van der Waals surface area contributed by atoms with Crippen molar-refractivity contribution in [1.29, 1.82) is 0 Å². The molecule has 0 unspecified atom stereocenters. The Hall–Kier alpha value is -3.15. The van der Waals surface area contributed by atoms with E-state index in [0.717, 1.165) is 29.7 Å². The monoisotopic (exact) mass is 404 g/mol. The van der Waals surface area contributed by atoms with Gasteiger partial charge in [-0.1, -0.05) is 44.2 Å². The van der Waals surface area contributed by atoms with Crippen molar-refractivity contribution < 1.29 is 9.59 Å². The van der Waals surface area contributed by atoms with Gasteiger partial charge in [0.1, 0.15) is 11.9 Å². The molecule has 30 heavy (non-hydrogen) atoms. The SMILES string of the molecule is CC(C)[C@H](NC(=O)c1ccccc1)C(=O)N1CCC(c2nc3ccccc3[nH]2)CC1. The van der Waals surface area contributed by atoms with Gasteiger partial charge in [-0.25, -0.2) is 4.98 Å². The summed E-state index contributed by atoms with van der Waals surface area (Å²) >= 11 is 0. The van der Waals surface area contributed by atoms with Crippen molar-refractivity contribution in [3.63, 3.8) is 0 Å². The molecule has 1 aromatic heterocycles. The molecule has 0 aliphatic carbocycles. The Kier molecular flexibility index (Phi) is 5.84. The first-order valence-corrected chi connectivity index (χ1v) is 10.6. The number of imidazole rings is 1. The lowest BCUT2D eigenvalue weighted by atomic mass is 9.94. The number of hydrogen-bond acceptors (Lipinski definition) is 3. The number of nitrogens with one attached hydrogen (secondary N) is 2. The van der Waals surface area contributed by atoms with Gasteiger partial charge in [-0.05, 0) is 43.0 Å². The molecule has 2 aromatic carbocycles. The zero-order valence-electron chi connectivity index (χ0n) is 17.5. The molecule has 6 heteroatoms. The fraction of sp³-hybridized carbons (Fsp3) is 0.375. The minimum Gasteiger partial charge on any atom is -0.342 e. The van der Waals surface area contributed by atoms with Gasteiger partial charge >= 0.3 is 0 Å². The molecule has 1 atom stereocenters. The van der Waals surface area contributed by atoms with E-state index in [-0.39, 0.29) is 17.7 Å². The highest BCUT2D eigenvalue weighted by molar-refractivity contribution is 5.97. The summed E-state index contributed by atoms with van der Waals surface area (Å²) in [6.07, 6.45) is 1.73. The minimum atomic E-state index is -0.527. The van der Waals surface area contributed by atoms with Crippen molar-refractivity contribution in [2.24, 2.45) is 5.92 Å². The molecule has 3 aromatic rings. The maximum absolute atomic E-state index is 13.2. The normalized spacial score (nSPS) is 16.0. The van der Waals surface area contributed by atoms with Crippen molar-refractivity contribution in [3.8, 4) is 0 Å². The first-order chi connectivity index (χ1) is 14.5. The quantitative estimate of drug-likeness (QED) is 0.680. The third-order valence-corrected chi connectivity index (χ3v) is 5.86. The van der Waals surface area contributed by atoms with E-state index in [1.165, 1.54) is 0 Å². The van der Waals surface area contributed by atoms with Crippen LogP contribution < -0.4 is 5.32 Å². The maximum atomic E-state index is 13.2. The molecule has 6 nitrogen and oxygen atoms in total. The molecule has 2 N–H and O–H groups in total. The van der Waals surface area contributed by atoms with Crippen LogP contribution in [-0.4, -0.2) is 45.8 Å². The highest BCUT2D eigenvalue weighted by Gasteiger charge is 2.32. The van der Waals surface area contributed by atoms with Crippen molar-refractivity contribution in [3.05, 3.63) is 66.0 Å². The number of rotatable bonds is 5. The molecule has 1 saturated heterocycles. The Bertz CT molecular complexity index is 987. The zero-order chi connectivity index (χ0) is 21.1. The number of H-pyrrole nitrogens is 1. The molecular weight excluding hydrogens is 376 g/mol. The largest absolute Gasteiger partial charge is 0.342 e. The molecular formula is C24H28N4O2. The predicted octanol–water partition coefficient (Wildman–Crippen LogP) is 3.72. The van der Waals surface area contributed by atoms with Gasteiger partial charge < -0.3 is 15.2 Å². The lowest BCUT2D eigenvalue weighted by Crippen LogP contribution is -2.52. The van der Waals surface area contributed by atoms with Crippen LogP contribution in [0.1, 0.15) is 48.8 Å². The zero-order valence-corrected chi connectivity index (χ0v) is 17.5. The van der Waals surface area contributed by atoms with Crippen LogP contribution in [0, 0.1) is 5.92 Å².